The van der Waals surface area contributed by atoms with Crippen LogP contribution in [0.5, 0.6) is 5.75 Å². The number of carboxylic acid groups (broad SMARTS) is 1. The van der Waals surface area contributed by atoms with Crippen molar-refractivity contribution in [2.45, 2.75) is 33.4 Å². The molecule has 112 valence electrons. The Balaban J connectivity index is 2.18. The quantitative estimate of drug-likeness (QED) is 0.887. The number of nitrogens with zero attached hydrogens (tertiary/aromatic N) is 3. The Morgan fingerprint density at radius 1 is 1.43 bits per heavy atom. The highest BCUT2D eigenvalue weighted by molar-refractivity contribution is 6.31. The van der Waals surface area contributed by atoms with Crippen molar-refractivity contribution in [1.29, 1.82) is 0 Å². The summed E-state index contributed by atoms with van der Waals surface area (Å²) in [5.41, 5.74) is 1.68. The molecule has 0 amide bonds. The maximum Gasteiger partial charge on any atom is 0.337 e. The van der Waals surface area contributed by atoms with Crippen LogP contribution in [0.15, 0.2) is 18.5 Å². The first-order valence-corrected chi connectivity index (χ1v) is 6.99. The lowest BCUT2D eigenvalue weighted by Crippen LogP contribution is -2.07. The largest absolute Gasteiger partial charge is 0.486 e. The predicted molar refractivity (Wildman–Crippen MR) is 77.8 cm³/mol. The number of aryl methyl sites for hydroxylation is 2. The summed E-state index contributed by atoms with van der Waals surface area (Å²) < 4.78 is 7.38. The maximum absolute atomic E-state index is 10.9. The van der Waals surface area contributed by atoms with Gasteiger partial charge in [0.25, 0.3) is 0 Å². The van der Waals surface area contributed by atoms with Gasteiger partial charge in [-0.05, 0) is 19.4 Å². The molecule has 21 heavy (non-hydrogen) atoms. The van der Waals surface area contributed by atoms with Crippen LogP contribution in [-0.4, -0.2) is 25.8 Å². The fraction of sp³-hybridized carbons (Fsp3) is 0.357. The van der Waals surface area contributed by atoms with E-state index < -0.39 is 5.97 Å². The second-order valence-electron chi connectivity index (χ2n) is 4.38. The van der Waals surface area contributed by atoms with Gasteiger partial charge < -0.3 is 9.84 Å². The van der Waals surface area contributed by atoms with Crippen molar-refractivity contribution in [1.82, 2.24) is 14.8 Å². The topological polar surface area (TPSA) is 77.2 Å². The lowest BCUT2D eigenvalue weighted by molar-refractivity contribution is 0.0696. The van der Waals surface area contributed by atoms with E-state index in [9.17, 15) is 4.79 Å². The number of aromatic carboxylic acids is 1. The van der Waals surface area contributed by atoms with Gasteiger partial charge in [-0.3, -0.25) is 9.67 Å². The lowest BCUT2D eigenvalue weighted by Gasteiger charge is -2.08. The van der Waals surface area contributed by atoms with E-state index in [1.54, 1.807) is 4.68 Å². The number of hydrogen-bond acceptors (Lipinski definition) is 4. The van der Waals surface area contributed by atoms with Crippen LogP contribution in [0.4, 0.5) is 0 Å². The Morgan fingerprint density at radius 3 is 2.81 bits per heavy atom. The summed E-state index contributed by atoms with van der Waals surface area (Å²) in [5.74, 6) is -0.661. The Bertz CT molecular complexity index is 655. The summed E-state index contributed by atoms with van der Waals surface area (Å²) >= 11 is 6.28. The number of halogens is 1. The van der Waals surface area contributed by atoms with Gasteiger partial charge in [-0.2, -0.15) is 5.10 Å². The summed E-state index contributed by atoms with van der Waals surface area (Å²) in [6, 6.07) is 1.43. The molecule has 0 saturated heterocycles. The molecule has 0 atom stereocenters. The minimum absolute atomic E-state index is 0.0804. The van der Waals surface area contributed by atoms with Crippen LogP contribution in [0.25, 0.3) is 0 Å². The van der Waals surface area contributed by atoms with Crippen molar-refractivity contribution in [3.05, 3.63) is 40.4 Å². The van der Waals surface area contributed by atoms with Crippen LogP contribution in [0.3, 0.4) is 0 Å². The highest BCUT2D eigenvalue weighted by atomic mass is 35.5. The fourth-order valence-corrected chi connectivity index (χ4v) is 2.25. The number of hydrogen-bond donors (Lipinski definition) is 1. The molecule has 0 aromatic carbocycles. The Labute approximate surface area is 127 Å². The molecule has 2 aromatic rings. The first kappa shape index (κ1) is 15.3. The van der Waals surface area contributed by atoms with Crippen molar-refractivity contribution >= 4 is 17.6 Å². The third-order valence-electron chi connectivity index (χ3n) is 3.03. The summed E-state index contributed by atoms with van der Waals surface area (Å²) in [6.07, 6.45) is 3.48. The van der Waals surface area contributed by atoms with E-state index in [-0.39, 0.29) is 12.2 Å². The molecule has 6 nitrogen and oxygen atoms in total. The van der Waals surface area contributed by atoms with Crippen molar-refractivity contribution in [3.8, 4) is 5.75 Å². The molecule has 0 aliphatic heterocycles. The molecule has 0 unspecified atom stereocenters. The Hall–Kier alpha value is -2.08. The summed E-state index contributed by atoms with van der Waals surface area (Å²) in [6.45, 7) is 4.86. The van der Waals surface area contributed by atoms with E-state index in [1.807, 2.05) is 13.8 Å². The van der Waals surface area contributed by atoms with Gasteiger partial charge in [-0.1, -0.05) is 18.5 Å². The Morgan fingerprint density at radius 2 is 2.19 bits per heavy atom. The average molecular weight is 310 g/mol. The van der Waals surface area contributed by atoms with E-state index >= 15 is 0 Å². The summed E-state index contributed by atoms with van der Waals surface area (Å²) in [7, 11) is 0. The normalized spacial score (nSPS) is 10.6. The number of carboxylic acids is 1. The van der Waals surface area contributed by atoms with Crippen molar-refractivity contribution in [2.24, 2.45) is 0 Å². The molecule has 2 rings (SSSR count). The molecule has 2 aromatic heterocycles. The van der Waals surface area contributed by atoms with Gasteiger partial charge in [-0.15, -0.1) is 0 Å². The zero-order chi connectivity index (χ0) is 15.4. The van der Waals surface area contributed by atoms with Crippen molar-refractivity contribution in [2.75, 3.05) is 0 Å². The number of rotatable bonds is 6. The van der Waals surface area contributed by atoms with Crippen LogP contribution in [-0.2, 0) is 19.6 Å². The molecule has 1 N–H and O–H groups in total. The van der Waals surface area contributed by atoms with Crippen molar-refractivity contribution in [3.63, 3.8) is 0 Å². The fourth-order valence-electron chi connectivity index (χ4n) is 1.92. The van der Waals surface area contributed by atoms with Crippen molar-refractivity contribution < 1.29 is 14.6 Å². The highest BCUT2D eigenvalue weighted by Gasteiger charge is 2.15. The zero-order valence-electron chi connectivity index (χ0n) is 11.8. The highest BCUT2D eigenvalue weighted by Crippen LogP contribution is 2.23. The van der Waals surface area contributed by atoms with Crippen LogP contribution >= 0.6 is 11.6 Å². The SMILES string of the molecule is CCc1nn(CC)c(COc2cncc(C(=O)O)c2)c1Cl. The van der Waals surface area contributed by atoms with Gasteiger partial charge in [0.2, 0.25) is 0 Å². The molecule has 0 saturated carbocycles. The van der Waals surface area contributed by atoms with Crippen LogP contribution in [0, 0.1) is 0 Å². The minimum atomic E-state index is -1.04. The van der Waals surface area contributed by atoms with E-state index in [0.29, 0.717) is 17.3 Å². The zero-order valence-corrected chi connectivity index (χ0v) is 12.6. The van der Waals surface area contributed by atoms with E-state index in [4.69, 9.17) is 21.4 Å². The second kappa shape index (κ2) is 6.58. The van der Waals surface area contributed by atoms with Crippen LogP contribution in [0.2, 0.25) is 5.02 Å². The van der Waals surface area contributed by atoms with Gasteiger partial charge in [0, 0.05) is 12.7 Å². The summed E-state index contributed by atoms with van der Waals surface area (Å²) in [5, 5.41) is 13.9. The molecular weight excluding hydrogens is 294 g/mol. The van der Waals surface area contributed by atoms with E-state index in [1.165, 1.54) is 18.5 Å². The molecule has 0 bridgehead atoms. The molecular formula is C14H16ClN3O3. The van der Waals surface area contributed by atoms with Crippen LogP contribution < -0.4 is 4.74 Å². The van der Waals surface area contributed by atoms with Gasteiger partial charge >= 0.3 is 5.97 Å². The van der Waals surface area contributed by atoms with Gasteiger partial charge in [-0.25, -0.2) is 4.79 Å². The van der Waals surface area contributed by atoms with Crippen LogP contribution in [0.1, 0.15) is 35.6 Å². The van der Waals surface area contributed by atoms with Gasteiger partial charge in [0.15, 0.2) is 0 Å². The first-order valence-electron chi connectivity index (χ1n) is 6.62. The molecule has 0 radical (unpaired) electrons. The number of carbonyl (C=O) groups is 1. The molecule has 0 aliphatic rings. The second-order valence-corrected chi connectivity index (χ2v) is 4.76. The van der Waals surface area contributed by atoms with Gasteiger partial charge in [0.1, 0.15) is 12.4 Å². The van der Waals surface area contributed by atoms with Gasteiger partial charge in [0.05, 0.1) is 28.2 Å². The number of ether oxygens (including phenoxy) is 1. The molecule has 2 heterocycles. The monoisotopic (exact) mass is 309 g/mol. The molecule has 0 aliphatic carbocycles. The lowest BCUT2D eigenvalue weighted by atomic mass is 10.3. The number of pyridine rings is 1. The molecule has 7 heteroatoms. The minimum Gasteiger partial charge on any atom is -0.486 e. The summed E-state index contributed by atoms with van der Waals surface area (Å²) in [4.78, 5) is 14.7. The van der Waals surface area contributed by atoms with E-state index in [2.05, 4.69) is 10.1 Å². The standard InChI is InChI=1S/C14H16ClN3O3/c1-3-11-13(15)12(18(4-2)17-11)8-21-10-5-9(14(19)20)6-16-7-10/h5-7H,3-4,8H2,1-2H3,(H,19,20). The van der Waals surface area contributed by atoms with E-state index in [0.717, 1.165) is 17.8 Å². The molecule has 0 spiro atoms. The third-order valence-corrected chi connectivity index (χ3v) is 3.47. The maximum atomic E-state index is 10.9. The third kappa shape index (κ3) is 3.33. The average Bonchev–Trinajstić information content (AvgIpc) is 2.81. The first-order chi connectivity index (χ1) is 10.1. The molecule has 0 fully saturated rings. The predicted octanol–water partition coefficient (Wildman–Crippen LogP) is 2.79. The Kier molecular flexibility index (Phi) is 4.80. The smallest absolute Gasteiger partial charge is 0.337 e. The number of aromatic nitrogens is 3.